The lowest BCUT2D eigenvalue weighted by atomic mass is 9.69. The van der Waals surface area contributed by atoms with Gasteiger partial charge in [0.25, 0.3) is 0 Å². The molecule has 8 heteroatoms. The summed E-state index contributed by atoms with van der Waals surface area (Å²) in [5, 5.41) is 19.9. The summed E-state index contributed by atoms with van der Waals surface area (Å²) in [4.78, 5) is 3.76. The predicted octanol–water partition coefficient (Wildman–Crippen LogP) is 4.87. The van der Waals surface area contributed by atoms with Crippen molar-refractivity contribution in [3.63, 3.8) is 0 Å². The Balaban J connectivity index is 2.55. The fourth-order valence-electron chi connectivity index (χ4n) is 3.53. The molecule has 2 atom stereocenters. The standard InChI is InChI=1S/C21H22F4N2O2/c1-13(14-7-8-27-16(9-14)11-26)20(28,21(23,24)25)12-19(2,3)17-10-15(22)5-6-18(17)29-4/h5-10,13,28H,12H2,1-4H3. The van der Waals surface area contributed by atoms with Crippen molar-refractivity contribution < 1.29 is 27.4 Å². The van der Waals surface area contributed by atoms with Gasteiger partial charge in [-0.15, -0.1) is 0 Å². The van der Waals surface area contributed by atoms with Crippen LogP contribution in [-0.4, -0.2) is 29.0 Å². The van der Waals surface area contributed by atoms with Gasteiger partial charge in [-0.25, -0.2) is 9.37 Å². The van der Waals surface area contributed by atoms with Crippen LogP contribution in [0.5, 0.6) is 5.75 Å². The summed E-state index contributed by atoms with van der Waals surface area (Å²) in [6, 6.07) is 7.93. The molecule has 0 fully saturated rings. The Morgan fingerprint density at radius 3 is 2.41 bits per heavy atom. The first-order valence-electron chi connectivity index (χ1n) is 8.85. The predicted molar refractivity (Wildman–Crippen MR) is 99.0 cm³/mol. The molecule has 2 rings (SSSR count). The molecule has 29 heavy (non-hydrogen) atoms. The Labute approximate surface area is 166 Å². The highest BCUT2D eigenvalue weighted by molar-refractivity contribution is 5.40. The molecular formula is C21H22F4N2O2. The van der Waals surface area contributed by atoms with E-state index < -0.39 is 35.3 Å². The van der Waals surface area contributed by atoms with E-state index in [0.717, 1.165) is 12.1 Å². The molecule has 0 saturated carbocycles. The van der Waals surface area contributed by atoms with Crippen LogP contribution in [-0.2, 0) is 5.41 Å². The van der Waals surface area contributed by atoms with E-state index in [4.69, 9.17) is 10.00 Å². The fraction of sp³-hybridized carbons (Fsp3) is 0.429. The lowest BCUT2D eigenvalue weighted by molar-refractivity contribution is -0.274. The molecule has 2 aromatic rings. The minimum atomic E-state index is -4.99. The van der Waals surface area contributed by atoms with Crippen LogP contribution in [0.2, 0.25) is 0 Å². The number of rotatable bonds is 6. The van der Waals surface area contributed by atoms with Crippen LogP contribution in [0.1, 0.15) is 49.9 Å². The molecule has 4 nitrogen and oxygen atoms in total. The van der Waals surface area contributed by atoms with Crippen molar-refractivity contribution in [1.82, 2.24) is 4.98 Å². The quantitative estimate of drug-likeness (QED) is 0.691. The number of aromatic nitrogens is 1. The number of nitriles is 1. The van der Waals surface area contributed by atoms with Gasteiger partial charge >= 0.3 is 6.18 Å². The number of aliphatic hydroxyl groups is 1. The summed E-state index contributed by atoms with van der Waals surface area (Å²) in [5.74, 6) is -1.80. The zero-order chi connectivity index (χ0) is 22.0. The number of pyridine rings is 1. The van der Waals surface area contributed by atoms with E-state index in [2.05, 4.69) is 4.98 Å². The fourth-order valence-corrected chi connectivity index (χ4v) is 3.53. The van der Waals surface area contributed by atoms with Gasteiger partial charge in [-0.05, 0) is 47.7 Å². The first kappa shape index (κ1) is 22.6. The highest BCUT2D eigenvalue weighted by atomic mass is 19.4. The third-order valence-electron chi connectivity index (χ3n) is 5.21. The first-order chi connectivity index (χ1) is 13.4. The summed E-state index contributed by atoms with van der Waals surface area (Å²) >= 11 is 0. The molecule has 1 aromatic carbocycles. The van der Waals surface area contributed by atoms with Crippen molar-refractivity contribution >= 4 is 0 Å². The van der Waals surface area contributed by atoms with Gasteiger partial charge in [0, 0.05) is 17.7 Å². The number of nitrogens with zero attached hydrogens (tertiary/aromatic N) is 2. The number of hydrogen-bond donors (Lipinski definition) is 1. The second-order valence-corrected chi connectivity index (χ2v) is 7.64. The van der Waals surface area contributed by atoms with Crippen molar-refractivity contribution in [2.75, 3.05) is 7.11 Å². The maximum atomic E-state index is 14.1. The van der Waals surface area contributed by atoms with Crippen LogP contribution < -0.4 is 4.74 Å². The lowest BCUT2D eigenvalue weighted by Gasteiger charge is -2.42. The Kier molecular flexibility index (Phi) is 6.24. The highest BCUT2D eigenvalue weighted by Gasteiger charge is 2.59. The largest absolute Gasteiger partial charge is 0.496 e. The zero-order valence-corrected chi connectivity index (χ0v) is 16.5. The van der Waals surface area contributed by atoms with E-state index in [9.17, 15) is 22.7 Å². The summed E-state index contributed by atoms with van der Waals surface area (Å²) in [5.41, 5.74) is -4.16. The van der Waals surface area contributed by atoms with Crippen LogP contribution in [0, 0.1) is 17.1 Å². The van der Waals surface area contributed by atoms with Gasteiger partial charge in [-0.1, -0.05) is 20.8 Å². The van der Waals surface area contributed by atoms with Crippen molar-refractivity contribution in [3.8, 4) is 11.8 Å². The third kappa shape index (κ3) is 4.51. The molecule has 0 bridgehead atoms. The van der Waals surface area contributed by atoms with Gasteiger partial charge in [0.1, 0.15) is 23.3 Å². The SMILES string of the molecule is COc1ccc(F)cc1C(C)(C)CC(O)(C(C)c1ccnc(C#N)c1)C(F)(F)F. The number of alkyl halides is 3. The van der Waals surface area contributed by atoms with Gasteiger partial charge in [0.15, 0.2) is 5.60 Å². The maximum Gasteiger partial charge on any atom is 0.417 e. The molecular weight excluding hydrogens is 388 g/mol. The molecule has 2 unspecified atom stereocenters. The number of hydrogen-bond acceptors (Lipinski definition) is 4. The van der Waals surface area contributed by atoms with Gasteiger partial charge < -0.3 is 9.84 Å². The molecule has 1 aromatic heterocycles. The summed E-state index contributed by atoms with van der Waals surface area (Å²) in [6.07, 6.45) is -4.52. The van der Waals surface area contributed by atoms with E-state index in [1.807, 2.05) is 0 Å². The number of halogens is 4. The average molecular weight is 410 g/mol. The van der Waals surface area contributed by atoms with E-state index in [1.54, 1.807) is 6.07 Å². The number of benzene rings is 1. The minimum absolute atomic E-state index is 0.0510. The van der Waals surface area contributed by atoms with Crippen LogP contribution in [0.3, 0.4) is 0 Å². The molecule has 1 N–H and O–H groups in total. The molecule has 1 heterocycles. The molecule has 0 spiro atoms. The van der Waals surface area contributed by atoms with Crippen LogP contribution in [0.4, 0.5) is 17.6 Å². The topological polar surface area (TPSA) is 66.1 Å². The van der Waals surface area contributed by atoms with E-state index >= 15 is 0 Å². The van der Waals surface area contributed by atoms with Crippen LogP contribution in [0.15, 0.2) is 36.5 Å². The van der Waals surface area contributed by atoms with Gasteiger partial charge in [0.05, 0.1) is 7.11 Å². The molecule has 156 valence electrons. The average Bonchev–Trinajstić information content (AvgIpc) is 2.66. The first-order valence-corrected chi connectivity index (χ1v) is 8.85. The second-order valence-electron chi connectivity index (χ2n) is 7.64. The lowest BCUT2D eigenvalue weighted by Crippen LogP contribution is -2.52. The molecule has 0 amide bonds. The molecule has 0 radical (unpaired) electrons. The normalized spacial score (nSPS) is 15.3. The smallest absolute Gasteiger partial charge is 0.417 e. The van der Waals surface area contributed by atoms with E-state index in [1.165, 1.54) is 52.3 Å². The Morgan fingerprint density at radius 1 is 1.21 bits per heavy atom. The van der Waals surface area contributed by atoms with E-state index in [-0.39, 0.29) is 22.6 Å². The Bertz CT molecular complexity index is 922. The monoisotopic (exact) mass is 410 g/mol. The van der Waals surface area contributed by atoms with Gasteiger partial charge in [-0.2, -0.15) is 18.4 Å². The molecule has 0 saturated heterocycles. The van der Waals surface area contributed by atoms with E-state index in [0.29, 0.717) is 0 Å². The maximum absolute atomic E-state index is 14.1. The zero-order valence-electron chi connectivity index (χ0n) is 16.5. The van der Waals surface area contributed by atoms with Gasteiger partial charge in [0.2, 0.25) is 0 Å². The number of methoxy groups -OCH3 is 1. The van der Waals surface area contributed by atoms with Gasteiger partial charge in [-0.3, -0.25) is 0 Å². The molecule has 0 aliphatic heterocycles. The second kappa shape index (κ2) is 7.99. The van der Waals surface area contributed by atoms with Crippen molar-refractivity contribution in [1.29, 1.82) is 5.26 Å². The van der Waals surface area contributed by atoms with Crippen LogP contribution in [0.25, 0.3) is 0 Å². The summed E-state index contributed by atoms with van der Waals surface area (Å²) < 4.78 is 61.3. The summed E-state index contributed by atoms with van der Waals surface area (Å²) in [7, 11) is 1.34. The van der Waals surface area contributed by atoms with Crippen molar-refractivity contribution in [3.05, 3.63) is 59.2 Å². The van der Waals surface area contributed by atoms with Crippen molar-refractivity contribution in [2.45, 2.75) is 50.3 Å². The van der Waals surface area contributed by atoms with Crippen LogP contribution >= 0.6 is 0 Å². The Morgan fingerprint density at radius 2 is 1.86 bits per heavy atom. The summed E-state index contributed by atoms with van der Waals surface area (Å²) in [6.45, 7) is 4.21. The van der Waals surface area contributed by atoms with Crippen molar-refractivity contribution in [2.24, 2.45) is 0 Å². The number of ether oxygens (including phenoxy) is 1. The molecule has 0 aliphatic carbocycles. The Hall–Kier alpha value is -2.66. The third-order valence-corrected chi connectivity index (χ3v) is 5.21. The minimum Gasteiger partial charge on any atom is -0.496 e. The highest BCUT2D eigenvalue weighted by Crippen LogP contribution is 2.49. The molecule has 0 aliphatic rings.